The maximum absolute atomic E-state index is 13.5. The minimum Gasteiger partial charge on any atom is -0.506 e. The van der Waals surface area contributed by atoms with E-state index in [1.807, 2.05) is 0 Å². The fourth-order valence-corrected chi connectivity index (χ4v) is 6.25. The van der Waals surface area contributed by atoms with E-state index in [1.54, 1.807) is 0 Å². The first-order valence-electron chi connectivity index (χ1n) is 14.6. The summed E-state index contributed by atoms with van der Waals surface area (Å²) in [7, 11) is 1.97. The minimum atomic E-state index is -2.35. The summed E-state index contributed by atoms with van der Waals surface area (Å²) < 4.78 is 21.2. The van der Waals surface area contributed by atoms with Crippen LogP contribution in [0.4, 0.5) is 0 Å². The molecule has 6 N–H and O–H groups in total. The van der Waals surface area contributed by atoms with Gasteiger partial charge in [-0.25, -0.2) is 9.59 Å². The van der Waals surface area contributed by atoms with Gasteiger partial charge in [0.05, 0.1) is 39.9 Å². The van der Waals surface area contributed by atoms with Crippen LogP contribution in [0.1, 0.15) is 60.2 Å². The van der Waals surface area contributed by atoms with E-state index >= 15 is 0 Å². The summed E-state index contributed by atoms with van der Waals surface area (Å²) in [6, 6.07) is 4.70. The number of methoxy groups -OCH3 is 2. The van der Waals surface area contributed by atoms with E-state index in [0.29, 0.717) is 0 Å². The lowest BCUT2D eigenvalue weighted by Gasteiger charge is -2.41. The number of hydrogen-bond donors (Lipinski definition) is 6. The van der Waals surface area contributed by atoms with Gasteiger partial charge in [-0.15, -0.1) is 0 Å². The van der Waals surface area contributed by atoms with Crippen LogP contribution < -0.4 is 9.47 Å². The molecule has 0 aromatic heterocycles. The summed E-state index contributed by atoms with van der Waals surface area (Å²) >= 11 is 0. The summed E-state index contributed by atoms with van der Waals surface area (Å²) in [6.07, 6.45) is -6.49. The van der Waals surface area contributed by atoms with E-state index in [-0.39, 0.29) is 22.6 Å². The van der Waals surface area contributed by atoms with E-state index < -0.39 is 119 Å². The fraction of sp³-hybridized carbons (Fsp3) is 0.438. The highest BCUT2D eigenvalue weighted by atomic mass is 16.6. The highest BCUT2D eigenvalue weighted by molar-refractivity contribution is 6.10. The molecular weight excluding hydrogens is 640 g/mol. The van der Waals surface area contributed by atoms with Crippen molar-refractivity contribution in [1.29, 1.82) is 0 Å². The van der Waals surface area contributed by atoms with Crippen molar-refractivity contribution in [3.63, 3.8) is 0 Å². The molecule has 2 aliphatic heterocycles. The molecule has 0 unspecified atom stereocenters. The maximum Gasteiger partial charge on any atom is 0.353 e. The van der Waals surface area contributed by atoms with E-state index in [0.717, 1.165) is 26.4 Å². The molecule has 16 heteroatoms. The molecule has 6 atom stereocenters. The van der Waals surface area contributed by atoms with Crippen LogP contribution in [0.25, 0.3) is 11.1 Å². The predicted molar refractivity (Wildman–Crippen MR) is 159 cm³/mol. The van der Waals surface area contributed by atoms with Crippen LogP contribution in [0.3, 0.4) is 0 Å². The Labute approximate surface area is 272 Å². The molecule has 0 aliphatic carbocycles. The SMILES string of the molecule is COC(=O)[C@@]1([C@H](O)[C@@H](C)CC(=O)O)CC(=O)c2c(ccc(-c3ccc4c(c3O)C(=O)C[C@@](C(=O)OC)([C@H](O)[C@@H](C)CC(=O)O)O4)c2O)O1. The smallest absolute Gasteiger partial charge is 0.353 e. The number of aliphatic hydroxyl groups excluding tert-OH is 2. The van der Waals surface area contributed by atoms with Gasteiger partial charge in [0.15, 0.2) is 11.6 Å². The topological polar surface area (TPSA) is 261 Å². The van der Waals surface area contributed by atoms with Gasteiger partial charge in [0.2, 0.25) is 11.2 Å². The lowest BCUT2D eigenvalue weighted by molar-refractivity contribution is -0.176. The van der Waals surface area contributed by atoms with Crippen molar-refractivity contribution in [2.24, 2.45) is 11.8 Å². The third-order valence-electron chi connectivity index (χ3n) is 8.65. The Hall–Kier alpha value is -5.22. The van der Waals surface area contributed by atoms with E-state index in [4.69, 9.17) is 18.9 Å². The number of carbonyl (C=O) groups excluding carboxylic acids is 4. The number of carboxylic acids is 2. The molecule has 0 spiro atoms. The van der Waals surface area contributed by atoms with Crippen LogP contribution in [0.2, 0.25) is 0 Å². The number of fused-ring (bicyclic) bond motifs is 2. The highest BCUT2D eigenvalue weighted by Crippen LogP contribution is 2.50. The van der Waals surface area contributed by atoms with Crippen LogP contribution in [-0.4, -0.2) is 104 Å². The summed E-state index contributed by atoms with van der Waals surface area (Å²) in [4.78, 5) is 75.2. The molecule has 258 valence electrons. The number of ether oxygens (including phenoxy) is 4. The average Bonchev–Trinajstić information content (AvgIpc) is 3.02. The molecule has 0 saturated carbocycles. The number of esters is 2. The minimum absolute atomic E-state index is 0.177. The number of carboxylic acid groups (broad SMARTS) is 2. The van der Waals surface area contributed by atoms with Crippen LogP contribution in [0.15, 0.2) is 24.3 Å². The van der Waals surface area contributed by atoms with Crippen LogP contribution in [0, 0.1) is 11.8 Å². The van der Waals surface area contributed by atoms with Gasteiger partial charge in [-0.3, -0.25) is 19.2 Å². The first-order chi connectivity index (χ1) is 22.4. The van der Waals surface area contributed by atoms with Gasteiger partial charge in [-0.1, -0.05) is 13.8 Å². The number of phenolic OH excluding ortho intramolecular Hbond substituents is 2. The molecule has 0 amide bonds. The third kappa shape index (κ3) is 5.88. The van der Waals surface area contributed by atoms with Gasteiger partial charge in [0.25, 0.3) is 0 Å². The van der Waals surface area contributed by atoms with Crippen LogP contribution in [-0.2, 0) is 28.7 Å². The van der Waals surface area contributed by atoms with Gasteiger partial charge in [-0.2, -0.15) is 0 Å². The lowest BCUT2D eigenvalue weighted by atomic mass is 9.78. The number of aliphatic hydroxyl groups is 2. The summed E-state index contributed by atoms with van der Waals surface area (Å²) in [5.74, 6) is -11.0. The normalized spacial score (nSPS) is 22.5. The molecule has 4 rings (SSSR count). The Bertz CT molecular complexity index is 1570. The third-order valence-corrected chi connectivity index (χ3v) is 8.65. The molecule has 0 fully saturated rings. The number of Topliss-reactive ketones (excluding diaryl/α,β-unsaturated/α-hetero) is 2. The van der Waals surface area contributed by atoms with E-state index in [1.165, 1.54) is 26.0 Å². The Morgan fingerprint density at radius 1 is 0.708 bits per heavy atom. The van der Waals surface area contributed by atoms with Gasteiger partial charge in [-0.05, 0) is 36.1 Å². The summed E-state index contributed by atoms with van der Waals surface area (Å²) in [5.41, 5.74) is -5.93. The van der Waals surface area contributed by atoms with Crippen molar-refractivity contribution in [1.82, 2.24) is 0 Å². The molecular formula is C32H34O16. The Morgan fingerprint density at radius 3 is 1.33 bits per heavy atom. The fourth-order valence-electron chi connectivity index (χ4n) is 6.25. The number of hydrogen-bond acceptors (Lipinski definition) is 14. The zero-order valence-electron chi connectivity index (χ0n) is 26.2. The van der Waals surface area contributed by atoms with Crippen molar-refractivity contribution >= 4 is 35.4 Å². The summed E-state index contributed by atoms with van der Waals surface area (Å²) in [5, 5.41) is 62.9. The molecule has 2 aliphatic rings. The molecule has 0 bridgehead atoms. The second-order valence-corrected chi connectivity index (χ2v) is 11.9. The Morgan fingerprint density at radius 2 is 1.04 bits per heavy atom. The van der Waals surface area contributed by atoms with Crippen molar-refractivity contribution in [2.45, 2.75) is 62.9 Å². The Kier molecular flexibility index (Phi) is 9.74. The van der Waals surface area contributed by atoms with Crippen molar-refractivity contribution in [3.8, 4) is 34.1 Å². The first-order valence-corrected chi connectivity index (χ1v) is 14.6. The molecule has 16 nitrogen and oxygen atoms in total. The zero-order chi connectivity index (χ0) is 35.9. The van der Waals surface area contributed by atoms with Gasteiger partial charge < -0.3 is 49.6 Å². The Balaban J connectivity index is 1.77. The van der Waals surface area contributed by atoms with E-state index in [9.17, 15) is 59.4 Å². The molecule has 2 aromatic carbocycles. The zero-order valence-corrected chi connectivity index (χ0v) is 26.2. The standard InChI is InChI=1S/C32H34O16/c1-13(9-21(35)36)27(41)31(29(43)45-3)11-17(33)23-19(47-31)7-5-15(25(23)39)16-6-8-20-24(26(16)40)18(34)12-32(48-20,30(44)46-4)28(42)14(2)10-22(37)38/h5-8,13-14,27-28,39-42H,9-12H2,1-4H3,(H,35,36)(H,37,38)/t13-,14-,27+,28+,31-,32-/m0/s1. The number of rotatable bonds is 11. The maximum atomic E-state index is 13.5. The lowest BCUT2D eigenvalue weighted by Crippen LogP contribution is -2.60. The first kappa shape index (κ1) is 35.6. The number of aromatic hydroxyl groups is 2. The quantitative estimate of drug-likeness (QED) is 0.184. The number of benzene rings is 2. The number of carbonyl (C=O) groups is 6. The largest absolute Gasteiger partial charge is 0.506 e. The highest BCUT2D eigenvalue weighted by Gasteiger charge is 2.57. The number of aliphatic carboxylic acids is 2. The monoisotopic (exact) mass is 674 g/mol. The van der Waals surface area contributed by atoms with Gasteiger partial charge in [0.1, 0.15) is 46.3 Å². The molecule has 2 heterocycles. The average molecular weight is 675 g/mol. The molecule has 0 radical (unpaired) electrons. The van der Waals surface area contributed by atoms with Crippen LogP contribution in [0.5, 0.6) is 23.0 Å². The van der Waals surface area contributed by atoms with Crippen molar-refractivity contribution < 1.29 is 78.4 Å². The second kappa shape index (κ2) is 13.1. The number of ketones is 2. The van der Waals surface area contributed by atoms with Gasteiger partial charge in [0, 0.05) is 11.1 Å². The predicted octanol–water partition coefficient (Wildman–Crippen LogP) is 1.46. The van der Waals surface area contributed by atoms with E-state index in [2.05, 4.69) is 0 Å². The summed E-state index contributed by atoms with van der Waals surface area (Å²) in [6.45, 7) is 2.67. The van der Waals surface area contributed by atoms with Crippen molar-refractivity contribution in [2.75, 3.05) is 14.2 Å². The molecule has 48 heavy (non-hydrogen) atoms. The number of phenols is 2. The van der Waals surface area contributed by atoms with Gasteiger partial charge >= 0.3 is 23.9 Å². The van der Waals surface area contributed by atoms with Crippen molar-refractivity contribution in [3.05, 3.63) is 35.4 Å². The second-order valence-electron chi connectivity index (χ2n) is 11.9. The van der Waals surface area contributed by atoms with Crippen LogP contribution >= 0.6 is 0 Å². The molecule has 2 aromatic rings. The molecule has 0 saturated heterocycles.